The Kier molecular flexibility index (Phi) is 4.03. The predicted molar refractivity (Wildman–Crippen MR) is 86.3 cm³/mol. The van der Waals surface area contributed by atoms with Crippen LogP contribution in [0, 0.1) is 11.3 Å². The number of hydrogen-bond acceptors (Lipinski definition) is 5. The SMILES string of the molecule is COc1cccc(-c2csc(C(C#N)=Cc3ccco3)n2)c1. The predicted octanol–water partition coefficient (Wildman–Crippen LogP) is 4.48. The third-order valence-electron chi connectivity index (χ3n) is 3.05. The van der Waals surface area contributed by atoms with Crippen molar-refractivity contribution in [2.24, 2.45) is 0 Å². The van der Waals surface area contributed by atoms with E-state index in [0.717, 1.165) is 17.0 Å². The second kappa shape index (κ2) is 6.29. The summed E-state index contributed by atoms with van der Waals surface area (Å²) >= 11 is 1.43. The minimum atomic E-state index is 0.481. The minimum Gasteiger partial charge on any atom is -0.497 e. The standard InChI is InChI=1S/C17H12N2O2S/c1-20-14-5-2-4-12(8-14)16-11-22-17(19-16)13(10-18)9-15-6-3-7-21-15/h2-9,11H,1H3. The number of hydrogen-bond donors (Lipinski definition) is 0. The molecule has 0 aliphatic heterocycles. The van der Waals surface area contributed by atoms with Crippen molar-refractivity contribution in [1.82, 2.24) is 4.98 Å². The van der Waals surface area contributed by atoms with Gasteiger partial charge in [-0.25, -0.2) is 4.98 Å². The molecule has 3 aromatic rings. The van der Waals surface area contributed by atoms with Crippen LogP contribution in [0.4, 0.5) is 0 Å². The molecule has 2 aromatic heterocycles. The van der Waals surface area contributed by atoms with Crippen LogP contribution in [0.25, 0.3) is 22.9 Å². The fourth-order valence-electron chi connectivity index (χ4n) is 1.97. The number of nitriles is 1. The number of methoxy groups -OCH3 is 1. The van der Waals surface area contributed by atoms with Gasteiger partial charge in [-0.1, -0.05) is 12.1 Å². The topological polar surface area (TPSA) is 59.0 Å². The molecule has 0 radical (unpaired) electrons. The quantitative estimate of drug-likeness (QED) is 0.667. The summed E-state index contributed by atoms with van der Waals surface area (Å²) in [6, 6.07) is 13.4. The van der Waals surface area contributed by atoms with Crippen LogP contribution in [0.15, 0.2) is 52.5 Å². The second-order valence-corrected chi connectivity index (χ2v) is 5.31. The van der Waals surface area contributed by atoms with Gasteiger partial charge in [0.1, 0.15) is 22.6 Å². The first kappa shape index (κ1) is 14.1. The molecule has 0 unspecified atom stereocenters. The van der Waals surface area contributed by atoms with Gasteiger partial charge in [-0.05, 0) is 24.3 Å². The van der Waals surface area contributed by atoms with Gasteiger partial charge in [-0.3, -0.25) is 0 Å². The van der Waals surface area contributed by atoms with Gasteiger partial charge in [-0.15, -0.1) is 11.3 Å². The summed E-state index contributed by atoms with van der Waals surface area (Å²) in [6.45, 7) is 0. The summed E-state index contributed by atoms with van der Waals surface area (Å²) in [5.41, 5.74) is 2.26. The summed E-state index contributed by atoms with van der Waals surface area (Å²) < 4.78 is 10.5. The van der Waals surface area contributed by atoms with E-state index in [9.17, 15) is 5.26 Å². The summed E-state index contributed by atoms with van der Waals surface area (Å²) in [7, 11) is 1.63. The number of thiazole rings is 1. The molecular weight excluding hydrogens is 296 g/mol. The first-order valence-corrected chi connectivity index (χ1v) is 7.44. The highest BCUT2D eigenvalue weighted by molar-refractivity contribution is 7.11. The fraction of sp³-hybridized carbons (Fsp3) is 0.0588. The van der Waals surface area contributed by atoms with Gasteiger partial charge < -0.3 is 9.15 Å². The molecule has 2 heterocycles. The van der Waals surface area contributed by atoms with Crippen molar-refractivity contribution in [1.29, 1.82) is 5.26 Å². The third-order valence-corrected chi connectivity index (χ3v) is 3.93. The Hall–Kier alpha value is -2.84. The highest BCUT2D eigenvalue weighted by Gasteiger charge is 2.10. The first-order chi connectivity index (χ1) is 10.8. The lowest BCUT2D eigenvalue weighted by atomic mass is 10.1. The number of nitrogens with zero attached hydrogens (tertiary/aromatic N) is 2. The summed E-state index contributed by atoms with van der Waals surface area (Å²) in [5, 5.41) is 11.9. The molecule has 0 amide bonds. The molecule has 22 heavy (non-hydrogen) atoms. The van der Waals surface area contributed by atoms with Gasteiger partial charge in [0.25, 0.3) is 0 Å². The maximum Gasteiger partial charge on any atom is 0.134 e. The molecule has 3 rings (SSSR count). The second-order valence-electron chi connectivity index (χ2n) is 4.46. The third kappa shape index (κ3) is 2.92. The van der Waals surface area contributed by atoms with Gasteiger partial charge in [0.05, 0.1) is 24.6 Å². The lowest BCUT2D eigenvalue weighted by molar-refractivity contribution is 0.415. The van der Waals surface area contributed by atoms with Crippen molar-refractivity contribution in [3.63, 3.8) is 0 Å². The molecule has 0 aliphatic carbocycles. The molecule has 4 nitrogen and oxygen atoms in total. The number of allylic oxidation sites excluding steroid dienone is 1. The van der Waals surface area contributed by atoms with Crippen LogP contribution in [0.3, 0.4) is 0 Å². The monoisotopic (exact) mass is 308 g/mol. The number of rotatable bonds is 4. The Morgan fingerprint density at radius 1 is 1.36 bits per heavy atom. The maximum absolute atomic E-state index is 9.33. The van der Waals surface area contributed by atoms with Crippen LogP contribution in [0.5, 0.6) is 5.75 Å². The van der Waals surface area contributed by atoms with Crippen molar-refractivity contribution in [2.45, 2.75) is 0 Å². The Labute approximate surface area is 131 Å². The van der Waals surface area contributed by atoms with Crippen LogP contribution in [-0.4, -0.2) is 12.1 Å². The molecule has 5 heteroatoms. The van der Waals surface area contributed by atoms with Crippen LogP contribution in [0.1, 0.15) is 10.8 Å². The van der Waals surface area contributed by atoms with Gasteiger partial charge in [0, 0.05) is 17.0 Å². The zero-order chi connectivity index (χ0) is 15.4. The summed E-state index contributed by atoms with van der Waals surface area (Å²) in [4.78, 5) is 4.54. The Morgan fingerprint density at radius 3 is 3.00 bits per heavy atom. The Bertz CT molecular complexity index is 842. The molecule has 0 fully saturated rings. The maximum atomic E-state index is 9.33. The van der Waals surface area contributed by atoms with Gasteiger partial charge in [0.2, 0.25) is 0 Å². The average molecular weight is 308 g/mol. The summed E-state index contributed by atoms with van der Waals surface area (Å²) in [5.74, 6) is 1.41. The van der Waals surface area contributed by atoms with E-state index in [4.69, 9.17) is 9.15 Å². The minimum absolute atomic E-state index is 0.481. The summed E-state index contributed by atoms with van der Waals surface area (Å²) in [6.07, 6.45) is 3.26. The first-order valence-electron chi connectivity index (χ1n) is 6.56. The molecule has 0 bridgehead atoms. The zero-order valence-corrected chi connectivity index (χ0v) is 12.6. The lowest BCUT2D eigenvalue weighted by Gasteiger charge is -2.01. The fourth-order valence-corrected chi connectivity index (χ4v) is 2.76. The largest absolute Gasteiger partial charge is 0.497 e. The molecule has 0 atom stereocenters. The van der Waals surface area contributed by atoms with Gasteiger partial charge in [-0.2, -0.15) is 5.26 Å². The van der Waals surface area contributed by atoms with Gasteiger partial charge >= 0.3 is 0 Å². The van der Waals surface area contributed by atoms with E-state index in [1.807, 2.05) is 29.6 Å². The normalized spacial score (nSPS) is 11.2. The number of ether oxygens (including phenoxy) is 1. The van der Waals surface area contributed by atoms with Crippen molar-refractivity contribution in [2.75, 3.05) is 7.11 Å². The van der Waals surface area contributed by atoms with E-state index in [2.05, 4.69) is 11.1 Å². The molecule has 0 saturated heterocycles. The van der Waals surface area contributed by atoms with E-state index in [-0.39, 0.29) is 0 Å². The van der Waals surface area contributed by atoms with Crippen LogP contribution in [0.2, 0.25) is 0 Å². The molecule has 1 aromatic carbocycles. The van der Waals surface area contributed by atoms with Crippen LogP contribution in [-0.2, 0) is 0 Å². The molecule has 0 saturated carbocycles. The molecule has 0 N–H and O–H groups in total. The van der Waals surface area contributed by atoms with Crippen molar-refractivity contribution < 1.29 is 9.15 Å². The molecule has 108 valence electrons. The van der Waals surface area contributed by atoms with E-state index in [1.54, 1.807) is 31.6 Å². The highest BCUT2D eigenvalue weighted by atomic mass is 32.1. The smallest absolute Gasteiger partial charge is 0.134 e. The molecule has 0 aliphatic rings. The Morgan fingerprint density at radius 2 is 2.27 bits per heavy atom. The van der Waals surface area contributed by atoms with Gasteiger partial charge in [0.15, 0.2) is 0 Å². The van der Waals surface area contributed by atoms with Crippen LogP contribution < -0.4 is 4.74 Å². The van der Waals surface area contributed by atoms with E-state index in [1.165, 1.54) is 11.3 Å². The number of benzene rings is 1. The van der Waals surface area contributed by atoms with E-state index >= 15 is 0 Å². The highest BCUT2D eigenvalue weighted by Crippen LogP contribution is 2.28. The Balaban J connectivity index is 1.94. The van der Waals surface area contributed by atoms with Crippen molar-refractivity contribution in [3.05, 3.63) is 58.8 Å². The van der Waals surface area contributed by atoms with E-state index in [0.29, 0.717) is 16.3 Å². The van der Waals surface area contributed by atoms with Crippen LogP contribution >= 0.6 is 11.3 Å². The van der Waals surface area contributed by atoms with E-state index < -0.39 is 0 Å². The molecule has 0 spiro atoms. The zero-order valence-electron chi connectivity index (χ0n) is 11.8. The number of furan rings is 1. The van der Waals surface area contributed by atoms with Crippen molar-refractivity contribution >= 4 is 23.0 Å². The average Bonchev–Trinajstić information content (AvgIpc) is 3.24. The number of aromatic nitrogens is 1. The molecular formula is C17H12N2O2S. The lowest BCUT2D eigenvalue weighted by Crippen LogP contribution is -1.85. The van der Waals surface area contributed by atoms with Crippen molar-refractivity contribution in [3.8, 4) is 23.1 Å².